The van der Waals surface area contributed by atoms with E-state index in [0.29, 0.717) is 0 Å². The van der Waals surface area contributed by atoms with E-state index >= 15 is 0 Å². The van der Waals surface area contributed by atoms with Crippen LogP contribution in [0.3, 0.4) is 0 Å². The number of thioether (sulfide) groups is 1. The zero-order valence-electron chi connectivity index (χ0n) is 13.7. The topological polar surface area (TPSA) is 98.5 Å². The van der Waals surface area contributed by atoms with Gasteiger partial charge in [0.25, 0.3) is 11.6 Å². The molecule has 0 saturated carbocycles. The van der Waals surface area contributed by atoms with E-state index in [1.165, 1.54) is 30.8 Å². The van der Waals surface area contributed by atoms with Crippen LogP contribution in [0, 0.1) is 10.1 Å². The average molecular weight is 395 g/mol. The summed E-state index contributed by atoms with van der Waals surface area (Å²) in [5, 5.41) is 13.4. The van der Waals surface area contributed by atoms with Crippen LogP contribution in [-0.2, 0) is 14.3 Å². The highest BCUT2D eigenvalue weighted by atomic mass is 35.5. The first-order chi connectivity index (χ1) is 12.4. The molecule has 0 radical (unpaired) electrons. The molecule has 0 unspecified atom stereocenters. The van der Waals surface area contributed by atoms with Gasteiger partial charge in [0.2, 0.25) is 0 Å². The molecular formula is C17H15ClN2O5S. The minimum Gasteiger partial charge on any atom is -0.452 e. The van der Waals surface area contributed by atoms with Crippen LogP contribution in [0.15, 0.2) is 53.4 Å². The Hall–Kier alpha value is -2.58. The minimum absolute atomic E-state index is 0.0548. The first-order valence-electron chi connectivity index (χ1n) is 7.49. The van der Waals surface area contributed by atoms with Crippen molar-refractivity contribution in [1.29, 1.82) is 0 Å². The van der Waals surface area contributed by atoms with Crippen molar-refractivity contribution >= 4 is 46.6 Å². The molecular weight excluding hydrogens is 380 g/mol. The lowest BCUT2D eigenvalue weighted by molar-refractivity contribution is -0.384. The standard InChI is InChI=1S/C17H15ClN2O5S/c1-11(25-16(21)10-26-13-5-3-2-4-6-13)17(22)19-15-9-12(20(23)24)7-8-14(15)18/h2-9,11H,10H2,1H3,(H,19,22)/t11-/m1/s1. The van der Waals surface area contributed by atoms with Crippen LogP contribution in [0.5, 0.6) is 0 Å². The number of hydrogen-bond acceptors (Lipinski definition) is 6. The van der Waals surface area contributed by atoms with E-state index in [1.807, 2.05) is 30.3 Å². The number of hydrogen-bond donors (Lipinski definition) is 1. The molecule has 0 saturated heterocycles. The third kappa shape index (κ3) is 5.75. The second-order valence-electron chi connectivity index (χ2n) is 5.14. The normalized spacial score (nSPS) is 11.5. The van der Waals surface area contributed by atoms with Gasteiger partial charge in [0, 0.05) is 17.0 Å². The van der Waals surface area contributed by atoms with Gasteiger partial charge in [-0.05, 0) is 25.1 Å². The molecule has 0 fully saturated rings. The van der Waals surface area contributed by atoms with Crippen molar-refractivity contribution in [3.8, 4) is 0 Å². The predicted octanol–water partition coefficient (Wildman–Crippen LogP) is 3.91. The number of nitro groups is 1. The molecule has 0 aliphatic carbocycles. The lowest BCUT2D eigenvalue weighted by Gasteiger charge is -2.14. The third-order valence-corrected chi connectivity index (χ3v) is 4.51. The molecule has 0 aliphatic heterocycles. The highest BCUT2D eigenvalue weighted by molar-refractivity contribution is 8.00. The van der Waals surface area contributed by atoms with E-state index in [2.05, 4.69) is 5.32 Å². The van der Waals surface area contributed by atoms with Crippen LogP contribution in [0.25, 0.3) is 0 Å². The molecule has 0 spiro atoms. The van der Waals surface area contributed by atoms with Gasteiger partial charge in [-0.2, -0.15) is 0 Å². The third-order valence-electron chi connectivity index (χ3n) is 3.20. The number of carbonyl (C=O) groups is 2. The molecule has 2 aromatic carbocycles. The minimum atomic E-state index is -1.07. The summed E-state index contributed by atoms with van der Waals surface area (Å²) < 4.78 is 5.07. The summed E-state index contributed by atoms with van der Waals surface area (Å²) in [6, 6.07) is 13.0. The molecule has 26 heavy (non-hydrogen) atoms. The fraction of sp³-hybridized carbons (Fsp3) is 0.176. The highest BCUT2D eigenvalue weighted by Gasteiger charge is 2.20. The summed E-state index contributed by atoms with van der Waals surface area (Å²) in [5.74, 6) is -1.13. The quantitative estimate of drug-likeness (QED) is 0.331. The molecule has 2 aromatic rings. The number of rotatable bonds is 7. The number of ether oxygens (including phenoxy) is 1. The molecule has 1 N–H and O–H groups in total. The van der Waals surface area contributed by atoms with Crippen molar-refractivity contribution in [2.45, 2.75) is 17.9 Å². The van der Waals surface area contributed by atoms with Gasteiger partial charge in [-0.1, -0.05) is 29.8 Å². The first-order valence-corrected chi connectivity index (χ1v) is 8.85. The number of nitrogens with zero attached hydrogens (tertiary/aromatic N) is 1. The molecule has 136 valence electrons. The maximum absolute atomic E-state index is 12.1. The number of carbonyl (C=O) groups excluding carboxylic acids is 2. The zero-order chi connectivity index (χ0) is 19.1. The SMILES string of the molecule is C[C@@H](OC(=O)CSc1ccccc1)C(=O)Nc1cc([N+](=O)[O-])ccc1Cl. The molecule has 0 heterocycles. The van der Waals surface area contributed by atoms with Gasteiger partial charge < -0.3 is 10.1 Å². The van der Waals surface area contributed by atoms with Crippen LogP contribution in [0.1, 0.15) is 6.92 Å². The van der Waals surface area contributed by atoms with Gasteiger partial charge >= 0.3 is 5.97 Å². The number of anilines is 1. The Morgan fingerprint density at radius 1 is 1.27 bits per heavy atom. The monoisotopic (exact) mass is 394 g/mol. The van der Waals surface area contributed by atoms with Crippen LogP contribution >= 0.6 is 23.4 Å². The Bertz CT molecular complexity index is 816. The summed E-state index contributed by atoms with van der Waals surface area (Å²) in [4.78, 5) is 35.1. The van der Waals surface area contributed by atoms with Crippen molar-refractivity contribution < 1.29 is 19.2 Å². The Morgan fingerprint density at radius 2 is 1.96 bits per heavy atom. The number of nitro benzene ring substituents is 1. The van der Waals surface area contributed by atoms with Gasteiger partial charge in [-0.15, -0.1) is 11.8 Å². The van der Waals surface area contributed by atoms with Crippen molar-refractivity contribution in [2.24, 2.45) is 0 Å². The molecule has 7 nitrogen and oxygen atoms in total. The number of nitrogens with one attached hydrogen (secondary N) is 1. The van der Waals surface area contributed by atoms with E-state index in [1.54, 1.807) is 0 Å². The predicted molar refractivity (Wildman–Crippen MR) is 99.5 cm³/mol. The van der Waals surface area contributed by atoms with E-state index in [-0.39, 0.29) is 22.2 Å². The van der Waals surface area contributed by atoms with Gasteiger partial charge in [0.05, 0.1) is 21.4 Å². The maximum Gasteiger partial charge on any atom is 0.317 e. The fourth-order valence-electron chi connectivity index (χ4n) is 1.90. The number of halogens is 1. The zero-order valence-corrected chi connectivity index (χ0v) is 15.3. The summed E-state index contributed by atoms with van der Waals surface area (Å²) in [6.45, 7) is 1.41. The lowest BCUT2D eigenvalue weighted by Crippen LogP contribution is -2.30. The summed E-state index contributed by atoms with van der Waals surface area (Å²) in [7, 11) is 0. The molecule has 0 aromatic heterocycles. The number of esters is 1. The Balaban J connectivity index is 1.90. The molecule has 1 amide bonds. The number of amides is 1. The van der Waals surface area contributed by atoms with Gasteiger partial charge in [-0.3, -0.25) is 19.7 Å². The van der Waals surface area contributed by atoms with Crippen LogP contribution in [0.2, 0.25) is 5.02 Å². The van der Waals surface area contributed by atoms with E-state index in [4.69, 9.17) is 16.3 Å². The smallest absolute Gasteiger partial charge is 0.317 e. The van der Waals surface area contributed by atoms with Gasteiger partial charge in [0.15, 0.2) is 6.10 Å². The molecule has 9 heteroatoms. The summed E-state index contributed by atoms with van der Waals surface area (Å²) >= 11 is 7.22. The van der Waals surface area contributed by atoms with Crippen molar-refractivity contribution in [2.75, 3.05) is 11.1 Å². The van der Waals surface area contributed by atoms with Gasteiger partial charge in [-0.25, -0.2) is 0 Å². The first kappa shape index (κ1) is 19.7. The van der Waals surface area contributed by atoms with Crippen molar-refractivity contribution in [3.05, 3.63) is 63.7 Å². The number of benzene rings is 2. The molecule has 1 atom stereocenters. The lowest BCUT2D eigenvalue weighted by atomic mass is 10.2. The number of non-ortho nitro benzene ring substituents is 1. The van der Waals surface area contributed by atoms with E-state index in [0.717, 1.165) is 11.0 Å². The summed E-state index contributed by atoms with van der Waals surface area (Å²) in [5.41, 5.74) is -0.138. The van der Waals surface area contributed by atoms with Gasteiger partial charge in [0.1, 0.15) is 0 Å². The second kappa shape index (κ2) is 9.21. The van der Waals surface area contributed by atoms with Crippen LogP contribution < -0.4 is 5.32 Å². The molecule has 0 bridgehead atoms. The Kier molecular flexibility index (Phi) is 6.99. The summed E-state index contributed by atoms with van der Waals surface area (Å²) in [6.07, 6.45) is -1.07. The van der Waals surface area contributed by atoms with E-state index < -0.39 is 22.9 Å². The maximum atomic E-state index is 12.1. The highest BCUT2D eigenvalue weighted by Crippen LogP contribution is 2.27. The van der Waals surface area contributed by atoms with Crippen LogP contribution in [0.4, 0.5) is 11.4 Å². The largest absolute Gasteiger partial charge is 0.452 e. The van der Waals surface area contributed by atoms with E-state index in [9.17, 15) is 19.7 Å². The Morgan fingerprint density at radius 3 is 2.62 bits per heavy atom. The molecule has 2 rings (SSSR count). The second-order valence-corrected chi connectivity index (χ2v) is 6.60. The fourth-order valence-corrected chi connectivity index (χ4v) is 2.77. The van der Waals surface area contributed by atoms with Crippen molar-refractivity contribution in [1.82, 2.24) is 0 Å². The average Bonchev–Trinajstić information content (AvgIpc) is 2.62. The van der Waals surface area contributed by atoms with Crippen molar-refractivity contribution in [3.63, 3.8) is 0 Å². The molecule has 0 aliphatic rings. The van der Waals surface area contributed by atoms with Crippen LogP contribution in [-0.4, -0.2) is 28.7 Å². The Labute approximate surface area is 158 Å².